The lowest BCUT2D eigenvalue weighted by Crippen LogP contribution is -2.55. The van der Waals surface area contributed by atoms with Crippen molar-refractivity contribution in [1.29, 1.82) is 0 Å². The van der Waals surface area contributed by atoms with E-state index in [-0.39, 0.29) is 18.2 Å². The van der Waals surface area contributed by atoms with Crippen molar-refractivity contribution in [3.05, 3.63) is 42.0 Å². The minimum absolute atomic E-state index is 0.0438. The van der Waals surface area contributed by atoms with Crippen LogP contribution < -0.4 is 5.32 Å². The van der Waals surface area contributed by atoms with Crippen LogP contribution in [0.5, 0.6) is 0 Å². The molecule has 1 fully saturated rings. The second kappa shape index (κ2) is 6.75. The topological polar surface area (TPSA) is 41.6 Å². The Labute approximate surface area is 139 Å². The summed E-state index contributed by atoms with van der Waals surface area (Å²) in [7, 11) is 0. The first-order valence-corrected chi connectivity index (χ1v) is 8.18. The molecule has 0 aliphatic carbocycles. The largest absolute Gasteiger partial charge is 0.372 e. The van der Waals surface area contributed by atoms with E-state index in [9.17, 15) is 4.79 Å². The standard InChI is InChI=1S/C19H28N2O2/c1-13(2)16-8-7-9-17(10-16)19(5,6)20-18(22)21-11-14(3)23-15(4)12-21/h7-10,14-15H,1,11-12H2,2-6H3,(H,20,22)/t14-,15+. The van der Waals surface area contributed by atoms with Crippen molar-refractivity contribution in [2.24, 2.45) is 0 Å². The molecule has 126 valence electrons. The molecule has 1 aliphatic heterocycles. The molecule has 1 N–H and O–H groups in total. The van der Waals surface area contributed by atoms with Gasteiger partial charge in [-0.25, -0.2) is 4.79 Å². The Morgan fingerprint density at radius 1 is 1.30 bits per heavy atom. The van der Waals surface area contributed by atoms with E-state index in [0.717, 1.165) is 16.7 Å². The first-order chi connectivity index (χ1) is 10.7. The van der Waals surface area contributed by atoms with Crippen molar-refractivity contribution in [2.75, 3.05) is 13.1 Å². The number of carbonyl (C=O) groups excluding carboxylic acids is 1. The normalized spacial score (nSPS) is 21.9. The zero-order valence-corrected chi connectivity index (χ0v) is 14.8. The molecule has 0 spiro atoms. The number of nitrogens with zero attached hydrogens (tertiary/aromatic N) is 1. The Morgan fingerprint density at radius 2 is 1.91 bits per heavy atom. The van der Waals surface area contributed by atoms with Crippen LogP contribution in [0.15, 0.2) is 30.8 Å². The first kappa shape index (κ1) is 17.5. The lowest BCUT2D eigenvalue weighted by atomic mass is 9.92. The van der Waals surface area contributed by atoms with Gasteiger partial charge in [0.05, 0.1) is 17.7 Å². The summed E-state index contributed by atoms with van der Waals surface area (Å²) in [5, 5.41) is 3.15. The molecule has 1 aromatic carbocycles. The van der Waals surface area contributed by atoms with E-state index in [0.29, 0.717) is 13.1 Å². The lowest BCUT2D eigenvalue weighted by molar-refractivity contribution is -0.0551. The summed E-state index contributed by atoms with van der Waals surface area (Å²) in [6.07, 6.45) is 0.138. The highest BCUT2D eigenvalue weighted by molar-refractivity contribution is 5.75. The molecule has 1 aliphatic rings. The third kappa shape index (κ3) is 4.35. The SMILES string of the molecule is C=C(C)c1cccc(C(C)(C)NC(=O)N2C[C@@H](C)O[C@@H](C)C2)c1. The molecule has 2 atom stereocenters. The highest BCUT2D eigenvalue weighted by atomic mass is 16.5. The number of hydrogen-bond donors (Lipinski definition) is 1. The van der Waals surface area contributed by atoms with Crippen molar-refractivity contribution >= 4 is 11.6 Å². The molecule has 0 saturated carbocycles. The Morgan fingerprint density at radius 3 is 2.48 bits per heavy atom. The number of urea groups is 1. The Hall–Kier alpha value is -1.81. The van der Waals surface area contributed by atoms with Crippen LogP contribution in [0.2, 0.25) is 0 Å². The summed E-state index contributed by atoms with van der Waals surface area (Å²) in [6.45, 7) is 15.3. The number of ether oxygens (including phenoxy) is 1. The molecule has 1 aromatic rings. The predicted molar refractivity (Wildman–Crippen MR) is 94.3 cm³/mol. The Bertz CT molecular complexity index is 585. The first-order valence-electron chi connectivity index (χ1n) is 8.18. The van der Waals surface area contributed by atoms with Gasteiger partial charge < -0.3 is 15.0 Å². The third-order valence-corrected chi connectivity index (χ3v) is 4.20. The summed E-state index contributed by atoms with van der Waals surface area (Å²) < 4.78 is 5.69. The minimum Gasteiger partial charge on any atom is -0.372 e. The van der Waals surface area contributed by atoms with Gasteiger partial charge in [-0.3, -0.25) is 0 Å². The number of hydrogen-bond acceptors (Lipinski definition) is 2. The molecule has 2 amide bonds. The fourth-order valence-corrected chi connectivity index (χ4v) is 2.94. The molecule has 1 saturated heterocycles. The zero-order chi connectivity index (χ0) is 17.2. The minimum atomic E-state index is -0.451. The summed E-state index contributed by atoms with van der Waals surface area (Å²) in [5.41, 5.74) is 2.73. The van der Waals surface area contributed by atoms with Crippen LogP contribution in [-0.4, -0.2) is 36.2 Å². The van der Waals surface area contributed by atoms with Gasteiger partial charge >= 0.3 is 6.03 Å². The second-order valence-electron chi connectivity index (χ2n) is 7.08. The lowest BCUT2D eigenvalue weighted by Gasteiger charge is -2.38. The molecule has 0 radical (unpaired) electrons. The van der Waals surface area contributed by atoms with E-state index in [1.807, 2.05) is 57.7 Å². The van der Waals surface area contributed by atoms with Crippen molar-refractivity contribution in [2.45, 2.75) is 52.4 Å². The van der Waals surface area contributed by atoms with Gasteiger partial charge in [-0.2, -0.15) is 0 Å². The number of amides is 2. The van der Waals surface area contributed by atoms with Crippen LogP contribution in [0.3, 0.4) is 0 Å². The molecular formula is C19H28N2O2. The molecule has 0 unspecified atom stereocenters. The number of nitrogens with one attached hydrogen (secondary N) is 1. The molecule has 4 heteroatoms. The number of morpholine rings is 1. The molecule has 4 nitrogen and oxygen atoms in total. The highest BCUT2D eigenvalue weighted by Gasteiger charge is 2.30. The maximum atomic E-state index is 12.6. The average Bonchev–Trinajstić information content (AvgIpc) is 2.46. The van der Waals surface area contributed by atoms with Crippen LogP contribution in [0.1, 0.15) is 45.7 Å². The Kier molecular flexibility index (Phi) is 5.15. The summed E-state index contributed by atoms with van der Waals surface area (Å²) in [6, 6.07) is 8.13. The van der Waals surface area contributed by atoms with Gasteiger partial charge in [-0.1, -0.05) is 30.4 Å². The fourth-order valence-electron chi connectivity index (χ4n) is 2.94. The van der Waals surface area contributed by atoms with Gasteiger partial charge in [0.1, 0.15) is 0 Å². The van der Waals surface area contributed by atoms with Crippen molar-refractivity contribution in [1.82, 2.24) is 10.2 Å². The molecular weight excluding hydrogens is 288 g/mol. The molecule has 0 aromatic heterocycles. The van der Waals surface area contributed by atoms with E-state index in [2.05, 4.69) is 18.0 Å². The fraction of sp³-hybridized carbons (Fsp3) is 0.526. The van der Waals surface area contributed by atoms with E-state index in [1.54, 1.807) is 0 Å². The monoisotopic (exact) mass is 316 g/mol. The van der Waals surface area contributed by atoms with Gasteiger partial charge in [0, 0.05) is 13.1 Å². The smallest absolute Gasteiger partial charge is 0.318 e. The summed E-state index contributed by atoms with van der Waals surface area (Å²) >= 11 is 0. The highest BCUT2D eigenvalue weighted by Crippen LogP contribution is 2.24. The van der Waals surface area contributed by atoms with Crippen molar-refractivity contribution in [3.8, 4) is 0 Å². The molecule has 1 heterocycles. The van der Waals surface area contributed by atoms with Crippen molar-refractivity contribution in [3.63, 3.8) is 0 Å². The molecule has 2 rings (SSSR count). The Balaban J connectivity index is 2.12. The quantitative estimate of drug-likeness (QED) is 0.922. The predicted octanol–water partition coefficient (Wildman–Crippen LogP) is 3.77. The van der Waals surface area contributed by atoms with Gasteiger partial charge in [-0.15, -0.1) is 0 Å². The summed E-state index contributed by atoms with van der Waals surface area (Å²) in [5.74, 6) is 0. The van der Waals surface area contributed by atoms with Gasteiger partial charge in [0.15, 0.2) is 0 Å². The van der Waals surface area contributed by atoms with E-state index in [1.165, 1.54) is 0 Å². The molecule has 0 bridgehead atoms. The van der Waals surface area contributed by atoms with Crippen LogP contribution in [0, 0.1) is 0 Å². The van der Waals surface area contributed by atoms with E-state index in [4.69, 9.17) is 4.74 Å². The van der Waals surface area contributed by atoms with Gasteiger partial charge in [0.25, 0.3) is 0 Å². The van der Waals surface area contributed by atoms with Crippen LogP contribution in [-0.2, 0) is 10.3 Å². The van der Waals surface area contributed by atoms with Crippen LogP contribution in [0.25, 0.3) is 5.57 Å². The van der Waals surface area contributed by atoms with E-state index >= 15 is 0 Å². The number of benzene rings is 1. The number of allylic oxidation sites excluding steroid dienone is 1. The third-order valence-electron chi connectivity index (χ3n) is 4.20. The zero-order valence-electron chi connectivity index (χ0n) is 14.8. The molecule has 23 heavy (non-hydrogen) atoms. The van der Waals surface area contributed by atoms with Crippen LogP contribution >= 0.6 is 0 Å². The van der Waals surface area contributed by atoms with E-state index < -0.39 is 5.54 Å². The number of carbonyl (C=O) groups is 1. The summed E-state index contributed by atoms with van der Waals surface area (Å²) in [4.78, 5) is 14.5. The van der Waals surface area contributed by atoms with Crippen LogP contribution in [0.4, 0.5) is 4.79 Å². The maximum absolute atomic E-state index is 12.6. The number of rotatable bonds is 3. The van der Waals surface area contributed by atoms with Gasteiger partial charge in [0.2, 0.25) is 0 Å². The second-order valence-corrected chi connectivity index (χ2v) is 7.08. The average molecular weight is 316 g/mol. The van der Waals surface area contributed by atoms with Gasteiger partial charge in [-0.05, 0) is 51.8 Å². The maximum Gasteiger partial charge on any atom is 0.318 e. The van der Waals surface area contributed by atoms with Crippen molar-refractivity contribution < 1.29 is 9.53 Å².